The van der Waals surface area contributed by atoms with Crippen molar-refractivity contribution in [3.05, 3.63) is 0 Å². The van der Waals surface area contributed by atoms with Crippen molar-refractivity contribution in [3.8, 4) is 0 Å². The van der Waals surface area contributed by atoms with Crippen molar-refractivity contribution in [2.24, 2.45) is 0 Å². The summed E-state index contributed by atoms with van der Waals surface area (Å²) in [5, 5.41) is 0. The largest absolute Gasteiger partial charge is 0.351 e. The molecule has 0 saturated heterocycles. The normalized spacial score (nSPS) is 12.0. The Balaban J connectivity index is 3.37. The fourth-order valence-electron chi connectivity index (χ4n) is 2.91. The second-order valence-electron chi connectivity index (χ2n) is 6.29. The Bertz CT molecular complexity index is 198. The maximum absolute atomic E-state index is 5.74. The van der Waals surface area contributed by atoms with Gasteiger partial charge < -0.3 is 9.47 Å². The van der Waals surface area contributed by atoms with E-state index < -0.39 is 0 Å². The number of ether oxygens (including phenoxy) is 2. The van der Waals surface area contributed by atoms with E-state index >= 15 is 0 Å². The van der Waals surface area contributed by atoms with E-state index in [1.54, 1.807) is 0 Å². The van der Waals surface area contributed by atoms with Crippen molar-refractivity contribution in [2.75, 3.05) is 13.2 Å². The molecule has 0 saturated carbocycles. The van der Waals surface area contributed by atoms with Gasteiger partial charge in [0, 0.05) is 19.6 Å². The van der Waals surface area contributed by atoms with E-state index in [0.717, 1.165) is 19.6 Å². The van der Waals surface area contributed by atoms with Crippen molar-refractivity contribution in [3.63, 3.8) is 0 Å². The molecule has 0 aromatic rings. The maximum atomic E-state index is 5.74. The minimum atomic E-state index is -0.358. The molecule has 0 bridgehead atoms. The summed E-state index contributed by atoms with van der Waals surface area (Å²) in [7, 11) is 0. The molecule has 0 amide bonds. The smallest absolute Gasteiger partial charge is 0.165 e. The lowest BCUT2D eigenvalue weighted by Gasteiger charge is -2.29. The quantitative estimate of drug-likeness (QED) is 0.240. The minimum absolute atomic E-state index is 0.358. The van der Waals surface area contributed by atoms with Crippen LogP contribution in [0.25, 0.3) is 0 Å². The molecular formula is C19H40O2. The molecule has 0 unspecified atom stereocenters. The molecule has 0 fully saturated rings. The van der Waals surface area contributed by atoms with Gasteiger partial charge in [-0.1, -0.05) is 71.1 Å². The van der Waals surface area contributed by atoms with Gasteiger partial charge in [0.2, 0.25) is 0 Å². The summed E-state index contributed by atoms with van der Waals surface area (Å²) in [6, 6.07) is 0. The van der Waals surface area contributed by atoms with Gasteiger partial charge in [0.25, 0.3) is 0 Å². The van der Waals surface area contributed by atoms with Crippen molar-refractivity contribution in [2.45, 2.75) is 111 Å². The van der Waals surface area contributed by atoms with Crippen molar-refractivity contribution in [1.82, 2.24) is 0 Å². The summed E-state index contributed by atoms with van der Waals surface area (Å²) in [4.78, 5) is 0. The van der Waals surface area contributed by atoms with Gasteiger partial charge >= 0.3 is 0 Å². The van der Waals surface area contributed by atoms with Crippen LogP contribution in [0, 0.1) is 0 Å². The summed E-state index contributed by atoms with van der Waals surface area (Å²) >= 11 is 0. The van der Waals surface area contributed by atoms with Crippen LogP contribution in [0.4, 0.5) is 0 Å². The Morgan fingerprint density at radius 1 is 0.571 bits per heavy atom. The second kappa shape index (κ2) is 14.8. The average molecular weight is 301 g/mol. The Morgan fingerprint density at radius 3 is 1.33 bits per heavy atom. The number of hydrogen-bond donors (Lipinski definition) is 0. The monoisotopic (exact) mass is 300 g/mol. The molecule has 0 rings (SSSR count). The number of unbranched alkanes of at least 4 members (excludes halogenated alkanes) is 10. The van der Waals surface area contributed by atoms with E-state index in [-0.39, 0.29) is 5.79 Å². The molecule has 21 heavy (non-hydrogen) atoms. The van der Waals surface area contributed by atoms with Gasteiger partial charge in [-0.25, -0.2) is 0 Å². The first-order chi connectivity index (χ1) is 10.2. The molecule has 0 aliphatic rings. The van der Waals surface area contributed by atoms with Crippen LogP contribution < -0.4 is 0 Å². The summed E-state index contributed by atoms with van der Waals surface area (Å²) in [6.07, 6.45) is 16.2. The third-order valence-corrected chi connectivity index (χ3v) is 4.13. The van der Waals surface area contributed by atoms with Crippen molar-refractivity contribution < 1.29 is 9.47 Å². The highest BCUT2D eigenvalue weighted by atomic mass is 16.7. The van der Waals surface area contributed by atoms with Crippen molar-refractivity contribution >= 4 is 0 Å². The van der Waals surface area contributed by atoms with E-state index in [4.69, 9.17) is 9.47 Å². The Hall–Kier alpha value is -0.0800. The van der Waals surface area contributed by atoms with Gasteiger partial charge in [-0.15, -0.1) is 0 Å². The van der Waals surface area contributed by atoms with E-state index in [2.05, 4.69) is 13.8 Å². The third kappa shape index (κ3) is 13.3. The molecule has 2 nitrogen and oxygen atoms in total. The SMILES string of the molecule is CCCCCCCCCCCCCC(C)(OCC)OCC. The molecule has 0 heterocycles. The fourth-order valence-corrected chi connectivity index (χ4v) is 2.91. The van der Waals surface area contributed by atoms with Gasteiger partial charge in [0.05, 0.1) is 0 Å². The zero-order valence-electron chi connectivity index (χ0n) is 15.2. The van der Waals surface area contributed by atoms with Crippen LogP contribution in [0.1, 0.15) is 105 Å². The predicted molar refractivity (Wildman–Crippen MR) is 92.7 cm³/mol. The zero-order valence-corrected chi connectivity index (χ0v) is 15.2. The number of rotatable bonds is 16. The summed E-state index contributed by atoms with van der Waals surface area (Å²) in [5.74, 6) is -0.358. The molecule has 128 valence electrons. The summed E-state index contributed by atoms with van der Waals surface area (Å²) in [6.45, 7) is 9.90. The van der Waals surface area contributed by atoms with Crippen molar-refractivity contribution in [1.29, 1.82) is 0 Å². The standard InChI is InChI=1S/C19H40O2/c1-5-8-9-10-11-12-13-14-15-16-17-18-19(4,20-6-2)21-7-3/h5-18H2,1-4H3. The topological polar surface area (TPSA) is 18.5 Å². The lowest BCUT2D eigenvalue weighted by molar-refractivity contribution is -0.225. The average Bonchev–Trinajstić information content (AvgIpc) is 2.45. The van der Waals surface area contributed by atoms with E-state index in [1.807, 2.05) is 13.8 Å². The molecular weight excluding hydrogens is 260 g/mol. The molecule has 2 heteroatoms. The third-order valence-electron chi connectivity index (χ3n) is 4.13. The van der Waals surface area contributed by atoms with Crippen LogP contribution in [0.5, 0.6) is 0 Å². The Kier molecular flexibility index (Phi) is 14.8. The fraction of sp³-hybridized carbons (Fsp3) is 1.00. The van der Waals surface area contributed by atoms with E-state index in [0.29, 0.717) is 0 Å². The van der Waals surface area contributed by atoms with Crippen LogP contribution in [-0.2, 0) is 9.47 Å². The first-order valence-corrected chi connectivity index (χ1v) is 9.46. The van der Waals surface area contributed by atoms with Gasteiger partial charge in [0.1, 0.15) is 0 Å². The highest BCUT2D eigenvalue weighted by Crippen LogP contribution is 2.21. The molecule has 0 radical (unpaired) electrons. The van der Waals surface area contributed by atoms with Gasteiger partial charge in [0.15, 0.2) is 5.79 Å². The Morgan fingerprint density at radius 2 is 0.952 bits per heavy atom. The predicted octanol–water partition coefficient (Wildman–Crippen LogP) is 6.48. The van der Waals surface area contributed by atoms with Gasteiger partial charge in [-0.05, 0) is 27.2 Å². The molecule has 0 atom stereocenters. The molecule has 0 aliphatic heterocycles. The first-order valence-electron chi connectivity index (χ1n) is 9.46. The van der Waals surface area contributed by atoms with Gasteiger partial charge in [-0.3, -0.25) is 0 Å². The van der Waals surface area contributed by atoms with E-state index in [9.17, 15) is 0 Å². The number of hydrogen-bond acceptors (Lipinski definition) is 2. The molecule has 0 spiro atoms. The summed E-state index contributed by atoms with van der Waals surface area (Å²) in [5.41, 5.74) is 0. The lowest BCUT2D eigenvalue weighted by atomic mass is 10.0. The molecule has 0 aliphatic carbocycles. The molecule has 0 N–H and O–H groups in total. The van der Waals surface area contributed by atoms with Crippen LogP contribution in [-0.4, -0.2) is 19.0 Å². The Labute approximate surface area is 134 Å². The zero-order chi connectivity index (χ0) is 15.8. The summed E-state index contributed by atoms with van der Waals surface area (Å²) < 4.78 is 11.5. The van der Waals surface area contributed by atoms with Gasteiger partial charge in [-0.2, -0.15) is 0 Å². The highest BCUT2D eigenvalue weighted by molar-refractivity contribution is 4.63. The molecule has 0 aromatic carbocycles. The second-order valence-corrected chi connectivity index (χ2v) is 6.29. The van der Waals surface area contributed by atoms with E-state index in [1.165, 1.54) is 70.6 Å². The van der Waals surface area contributed by atoms with Crippen LogP contribution in [0.15, 0.2) is 0 Å². The molecule has 0 aromatic heterocycles. The lowest BCUT2D eigenvalue weighted by Crippen LogP contribution is -2.32. The highest BCUT2D eigenvalue weighted by Gasteiger charge is 2.23. The van der Waals surface area contributed by atoms with Crippen LogP contribution >= 0.6 is 0 Å². The van der Waals surface area contributed by atoms with Crippen LogP contribution in [0.2, 0.25) is 0 Å². The maximum Gasteiger partial charge on any atom is 0.165 e. The minimum Gasteiger partial charge on any atom is -0.351 e. The van der Waals surface area contributed by atoms with Crippen LogP contribution in [0.3, 0.4) is 0 Å². The first kappa shape index (κ1) is 20.9.